The monoisotopic (exact) mass is 466 g/mol. The zero-order chi connectivity index (χ0) is 21.9. The average molecular weight is 467 g/mol. The van der Waals surface area contributed by atoms with Crippen molar-refractivity contribution in [3.8, 4) is 17.2 Å². The summed E-state index contributed by atoms with van der Waals surface area (Å²) < 4.78 is 16.4. The highest BCUT2D eigenvalue weighted by atomic mass is 32.2. The summed E-state index contributed by atoms with van der Waals surface area (Å²) in [5.41, 5.74) is 1.65. The van der Waals surface area contributed by atoms with Crippen LogP contribution in [0.4, 0.5) is 0 Å². The number of carbonyl (C=O) groups excluding carboxylic acids is 1. The van der Waals surface area contributed by atoms with E-state index in [1.165, 1.54) is 16.8 Å². The van der Waals surface area contributed by atoms with Gasteiger partial charge in [-0.15, -0.1) is 21.5 Å². The molecule has 3 aromatic heterocycles. The normalized spacial score (nSPS) is 15.7. The van der Waals surface area contributed by atoms with E-state index in [0.29, 0.717) is 23.3 Å². The molecule has 0 unspecified atom stereocenters. The number of hydrogen-bond donors (Lipinski definition) is 0. The van der Waals surface area contributed by atoms with Gasteiger partial charge in [-0.2, -0.15) is 5.10 Å². The van der Waals surface area contributed by atoms with Gasteiger partial charge in [-0.05, 0) is 47.8 Å². The molecule has 1 amide bonds. The summed E-state index contributed by atoms with van der Waals surface area (Å²) in [5, 5.41) is 16.6. The lowest BCUT2D eigenvalue weighted by atomic mass is 10.1. The molecule has 0 bridgehead atoms. The molecule has 0 aliphatic carbocycles. The number of thioether (sulfide) groups is 1. The maximum atomic E-state index is 13.0. The van der Waals surface area contributed by atoms with E-state index >= 15 is 0 Å². The second-order valence-corrected chi connectivity index (χ2v) is 8.76. The predicted octanol–water partition coefficient (Wildman–Crippen LogP) is 4.87. The molecule has 1 aliphatic heterocycles. The molecule has 0 fully saturated rings. The van der Waals surface area contributed by atoms with Crippen molar-refractivity contribution in [3.63, 3.8) is 0 Å². The number of furan rings is 1. The Labute approximate surface area is 191 Å². The van der Waals surface area contributed by atoms with Gasteiger partial charge in [0, 0.05) is 12.0 Å². The molecule has 5 rings (SSSR count). The number of hydrogen-bond acceptors (Lipinski definition) is 9. The summed E-state index contributed by atoms with van der Waals surface area (Å²) in [5.74, 6) is 1.79. The number of methoxy groups -OCH3 is 1. The molecule has 0 saturated heterocycles. The van der Waals surface area contributed by atoms with Gasteiger partial charge < -0.3 is 13.6 Å². The van der Waals surface area contributed by atoms with Gasteiger partial charge in [-0.3, -0.25) is 4.79 Å². The maximum Gasteiger partial charge on any atom is 0.277 e. The smallest absolute Gasteiger partial charge is 0.277 e. The molecule has 0 radical (unpaired) electrons. The van der Waals surface area contributed by atoms with Gasteiger partial charge in [-0.25, -0.2) is 5.01 Å². The molecule has 1 aliphatic rings. The first-order chi connectivity index (χ1) is 15.7. The SMILES string of the molecule is COc1ccc(-c2nnc(SCC(=O)N3N=C(c4cccs4)C[C@H]3c3ccco3)o2)cc1. The number of carbonyl (C=O) groups is 1. The Morgan fingerprint density at radius 1 is 1.22 bits per heavy atom. The van der Waals surface area contributed by atoms with Crippen LogP contribution in [0.1, 0.15) is 23.1 Å². The first kappa shape index (κ1) is 20.5. The second-order valence-electron chi connectivity index (χ2n) is 6.89. The molecule has 4 aromatic rings. The summed E-state index contributed by atoms with van der Waals surface area (Å²) in [7, 11) is 1.61. The second kappa shape index (κ2) is 9.01. The lowest BCUT2D eigenvalue weighted by Gasteiger charge is -2.19. The van der Waals surface area contributed by atoms with Crippen LogP contribution < -0.4 is 4.74 Å². The highest BCUT2D eigenvalue weighted by molar-refractivity contribution is 7.99. The Hall–Kier alpha value is -3.37. The van der Waals surface area contributed by atoms with Gasteiger partial charge in [0.15, 0.2) is 0 Å². The molecule has 1 aromatic carbocycles. The fourth-order valence-corrected chi connectivity index (χ4v) is 4.68. The molecular formula is C22H18N4O4S2. The summed E-state index contributed by atoms with van der Waals surface area (Å²) >= 11 is 2.78. The van der Waals surface area contributed by atoms with E-state index in [9.17, 15) is 4.79 Å². The summed E-state index contributed by atoms with van der Waals surface area (Å²) in [4.78, 5) is 14.1. The molecule has 0 spiro atoms. The van der Waals surface area contributed by atoms with E-state index in [-0.39, 0.29) is 17.7 Å². The van der Waals surface area contributed by atoms with Gasteiger partial charge in [0.05, 0.1) is 29.7 Å². The predicted molar refractivity (Wildman–Crippen MR) is 121 cm³/mol. The number of aromatic nitrogens is 2. The van der Waals surface area contributed by atoms with Crippen LogP contribution in [0, 0.1) is 0 Å². The third kappa shape index (κ3) is 4.19. The zero-order valence-corrected chi connectivity index (χ0v) is 18.6. The topological polar surface area (TPSA) is 94.0 Å². The van der Waals surface area contributed by atoms with Crippen LogP contribution in [-0.4, -0.2) is 39.7 Å². The quantitative estimate of drug-likeness (QED) is 0.359. The zero-order valence-electron chi connectivity index (χ0n) is 17.0. The van der Waals surface area contributed by atoms with Crippen molar-refractivity contribution >= 4 is 34.7 Å². The molecule has 32 heavy (non-hydrogen) atoms. The molecule has 0 saturated carbocycles. The fraction of sp³-hybridized carbons (Fsp3) is 0.182. The summed E-state index contributed by atoms with van der Waals surface area (Å²) in [6.45, 7) is 0. The molecule has 162 valence electrons. The minimum Gasteiger partial charge on any atom is -0.497 e. The van der Waals surface area contributed by atoms with Crippen molar-refractivity contribution in [2.24, 2.45) is 5.10 Å². The van der Waals surface area contributed by atoms with Crippen LogP contribution in [0.5, 0.6) is 5.75 Å². The van der Waals surface area contributed by atoms with E-state index in [0.717, 1.165) is 21.9 Å². The van der Waals surface area contributed by atoms with E-state index in [1.807, 2.05) is 53.9 Å². The standard InChI is InChI=1S/C22H18N4O4S2/c1-28-15-8-6-14(7-9-15)21-23-24-22(30-21)32-13-20(27)26-17(18-4-2-10-29-18)12-16(25-26)19-5-3-11-31-19/h2-11,17H,12-13H2,1H3/t17-/m0/s1. The Morgan fingerprint density at radius 2 is 2.09 bits per heavy atom. The molecule has 8 nitrogen and oxygen atoms in total. The Morgan fingerprint density at radius 3 is 2.81 bits per heavy atom. The van der Waals surface area contributed by atoms with Crippen LogP contribution in [0.3, 0.4) is 0 Å². The Kier molecular flexibility index (Phi) is 5.78. The lowest BCUT2D eigenvalue weighted by molar-refractivity contribution is -0.130. The molecule has 1 atom stereocenters. The van der Waals surface area contributed by atoms with Crippen LogP contribution in [0.2, 0.25) is 0 Å². The minimum atomic E-state index is -0.271. The van der Waals surface area contributed by atoms with E-state index in [4.69, 9.17) is 13.6 Å². The van der Waals surface area contributed by atoms with E-state index in [2.05, 4.69) is 15.3 Å². The van der Waals surface area contributed by atoms with E-state index < -0.39 is 0 Å². The van der Waals surface area contributed by atoms with Crippen LogP contribution in [0.25, 0.3) is 11.5 Å². The number of amides is 1. The summed E-state index contributed by atoms with van der Waals surface area (Å²) in [6.07, 6.45) is 2.21. The van der Waals surface area contributed by atoms with Crippen molar-refractivity contribution in [1.82, 2.24) is 15.2 Å². The first-order valence-corrected chi connectivity index (χ1v) is 11.7. The third-order valence-corrected chi connectivity index (χ3v) is 6.63. The number of ether oxygens (including phenoxy) is 1. The average Bonchev–Trinajstić information content (AvgIpc) is 3.63. The van der Waals surface area contributed by atoms with Gasteiger partial charge in [0.25, 0.3) is 11.1 Å². The molecule has 0 N–H and O–H groups in total. The Balaban J connectivity index is 1.28. The number of rotatable bonds is 7. The number of hydrazone groups is 1. The maximum absolute atomic E-state index is 13.0. The van der Waals surface area contributed by atoms with Crippen LogP contribution >= 0.6 is 23.1 Å². The van der Waals surface area contributed by atoms with Crippen LogP contribution in [-0.2, 0) is 4.79 Å². The first-order valence-electron chi connectivity index (χ1n) is 9.79. The van der Waals surface area contributed by atoms with Crippen molar-refractivity contribution in [2.45, 2.75) is 17.7 Å². The van der Waals surface area contributed by atoms with E-state index in [1.54, 1.807) is 24.7 Å². The number of benzene rings is 1. The molecule has 10 heteroatoms. The van der Waals surface area contributed by atoms with Crippen molar-refractivity contribution in [2.75, 3.05) is 12.9 Å². The van der Waals surface area contributed by atoms with Crippen molar-refractivity contribution < 1.29 is 18.4 Å². The largest absolute Gasteiger partial charge is 0.497 e. The Bertz CT molecular complexity index is 1220. The minimum absolute atomic E-state index is 0.114. The highest BCUT2D eigenvalue weighted by Crippen LogP contribution is 2.35. The van der Waals surface area contributed by atoms with Crippen molar-refractivity contribution in [1.29, 1.82) is 0 Å². The molecular weight excluding hydrogens is 448 g/mol. The summed E-state index contributed by atoms with van der Waals surface area (Å²) in [6, 6.07) is 14.7. The molecule has 4 heterocycles. The number of thiophene rings is 1. The van der Waals surface area contributed by atoms with Gasteiger partial charge >= 0.3 is 0 Å². The third-order valence-electron chi connectivity index (χ3n) is 4.91. The van der Waals surface area contributed by atoms with Gasteiger partial charge in [-0.1, -0.05) is 17.8 Å². The van der Waals surface area contributed by atoms with Crippen LogP contribution in [0.15, 0.2) is 79.3 Å². The van der Waals surface area contributed by atoms with Crippen molar-refractivity contribution in [3.05, 3.63) is 70.8 Å². The van der Waals surface area contributed by atoms with Gasteiger partial charge in [0.2, 0.25) is 5.89 Å². The van der Waals surface area contributed by atoms with Gasteiger partial charge in [0.1, 0.15) is 17.6 Å². The fourth-order valence-electron chi connectivity index (χ4n) is 3.34. The highest BCUT2D eigenvalue weighted by Gasteiger charge is 2.35. The lowest BCUT2D eigenvalue weighted by Crippen LogP contribution is -2.28. The number of nitrogens with zero attached hydrogens (tertiary/aromatic N) is 4.